The second-order valence-electron chi connectivity index (χ2n) is 8.38. The lowest BCUT2D eigenvalue weighted by atomic mass is 9.66. The summed E-state index contributed by atoms with van der Waals surface area (Å²) in [5.41, 5.74) is -2.02. The Morgan fingerprint density at radius 2 is 2.00 bits per heavy atom. The molecule has 3 aliphatic rings. The predicted octanol–water partition coefficient (Wildman–Crippen LogP) is 3.16. The molecule has 0 amide bonds. The molecule has 0 spiro atoms. The number of ketones is 1. The van der Waals surface area contributed by atoms with E-state index in [4.69, 9.17) is 18.9 Å². The van der Waals surface area contributed by atoms with Crippen molar-refractivity contribution >= 4 is 11.8 Å². The second-order valence-corrected chi connectivity index (χ2v) is 8.38. The molecule has 0 aliphatic carbocycles. The van der Waals surface area contributed by atoms with Gasteiger partial charge in [0.25, 0.3) is 0 Å². The Bertz CT molecular complexity index is 697. The Labute approximate surface area is 160 Å². The van der Waals surface area contributed by atoms with Crippen LogP contribution in [-0.4, -0.2) is 42.5 Å². The van der Waals surface area contributed by atoms with Crippen molar-refractivity contribution in [3.05, 3.63) is 24.5 Å². The summed E-state index contributed by atoms with van der Waals surface area (Å²) in [5.74, 6) is -1.33. The van der Waals surface area contributed by atoms with Crippen LogP contribution in [0, 0.1) is 17.3 Å². The van der Waals surface area contributed by atoms with Gasteiger partial charge in [0, 0.05) is 37.9 Å². The van der Waals surface area contributed by atoms with Crippen LogP contribution in [0.15, 0.2) is 24.5 Å². The highest BCUT2D eigenvalue weighted by Crippen LogP contribution is 2.61. The third kappa shape index (κ3) is 2.53. The van der Waals surface area contributed by atoms with Gasteiger partial charge in [-0.3, -0.25) is 9.59 Å². The minimum absolute atomic E-state index is 0.0792. The molecule has 150 valence electrons. The third-order valence-corrected chi connectivity index (χ3v) is 6.54. The molecule has 27 heavy (non-hydrogen) atoms. The zero-order valence-corrected chi connectivity index (χ0v) is 17.0. The lowest BCUT2D eigenvalue weighted by molar-refractivity contribution is -0.279. The molecule has 3 aliphatic heterocycles. The number of methoxy groups -OCH3 is 1. The summed E-state index contributed by atoms with van der Waals surface area (Å²) in [6, 6.07) is 0. The molecule has 0 aromatic rings. The van der Waals surface area contributed by atoms with Crippen LogP contribution >= 0.6 is 0 Å². The van der Waals surface area contributed by atoms with Gasteiger partial charge in [-0.25, -0.2) is 0 Å². The monoisotopic (exact) mass is 378 g/mol. The molecule has 0 aromatic carbocycles. The number of carbonyl (C=O) groups excluding carboxylic acids is 2. The molecule has 3 heterocycles. The molecule has 2 fully saturated rings. The fourth-order valence-corrected chi connectivity index (χ4v) is 5.13. The van der Waals surface area contributed by atoms with Gasteiger partial charge in [-0.15, -0.1) is 0 Å². The van der Waals surface area contributed by atoms with E-state index in [-0.39, 0.29) is 23.6 Å². The van der Waals surface area contributed by atoms with Crippen molar-refractivity contribution in [3.63, 3.8) is 0 Å². The number of cyclic esters (lactones) is 1. The topological polar surface area (TPSA) is 71.1 Å². The zero-order valence-electron chi connectivity index (χ0n) is 17.0. The van der Waals surface area contributed by atoms with E-state index in [2.05, 4.69) is 6.58 Å². The van der Waals surface area contributed by atoms with E-state index < -0.39 is 29.0 Å². The predicted molar refractivity (Wildman–Crippen MR) is 98.6 cm³/mol. The van der Waals surface area contributed by atoms with Crippen molar-refractivity contribution in [1.82, 2.24) is 0 Å². The molecule has 0 saturated carbocycles. The second kappa shape index (κ2) is 6.45. The van der Waals surface area contributed by atoms with E-state index in [9.17, 15) is 9.59 Å². The largest absolute Gasteiger partial charge is 0.484 e. The first kappa shape index (κ1) is 20.1. The Balaban J connectivity index is 2.01. The number of rotatable bonds is 6. The van der Waals surface area contributed by atoms with Crippen LogP contribution < -0.4 is 0 Å². The molecule has 3 rings (SSSR count). The summed E-state index contributed by atoms with van der Waals surface area (Å²) in [5, 5.41) is 0. The summed E-state index contributed by atoms with van der Waals surface area (Å²) in [6.07, 6.45) is 3.20. The average Bonchev–Trinajstić information content (AvgIpc) is 3.15. The SMILES string of the molecule is C=C[C@H]1OC(=O)[C@@]2(C)[C@@H]1[C@H](C[C@@]1(C)OC(CC)=CC1=O)O[C@]2(OC)C(C)C. The fraction of sp³-hybridized carbons (Fsp3) is 0.714. The van der Waals surface area contributed by atoms with Crippen molar-refractivity contribution in [3.8, 4) is 0 Å². The molecular formula is C21H30O6. The average molecular weight is 378 g/mol. The van der Waals surface area contributed by atoms with Crippen molar-refractivity contribution in [2.45, 2.75) is 71.1 Å². The minimum Gasteiger partial charge on any atom is -0.484 e. The van der Waals surface area contributed by atoms with E-state index >= 15 is 0 Å². The quantitative estimate of drug-likeness (QED) is 0.522. The summed E-state index contributed by atoms with van der Waals surface area (Å²) in [7, 11) is 1.55. The fourth-order valence-electron chi connectivity index (χ4n) is 5.13. The van der Waals surface area contributed by atoms with Crippen molar-refractivity contribution in [2.24, 2.45) is 17.3 Å². The van der Waals surface area contributed by atoms with E-state index in [1.165, 1.54) is 0 Å². The molecule has 6 nitrogen and oxygen atoms in total. The van der Waals surface area contributed by atoms with Crippen LogP contribution in [0.5, 0.6) is 0 Å². The van der Waals surface area contributed by atoms with Crippen LogP contribution in [0.25, 0.3) is 0 Å². The van der Waals surface area contributed by atoms with Gasteiger partial charge in [-0.1, -0.05) is 33.4 Å². The lowest BCUT2D eigenvalue weighted by Gasteiger charge is -2.41. The first-order valence-corrected chi connectivity index (χ1v) is 9.60. The van der Waals surface area contributed by atoms with E-state index in [1.54, 1.807) is 26.2 Å². The maximum Gasteiger partial charge on any atom is 0.318 e. The maximum atomic E-state index is 12.9. The van der Waals surface area contributed by atoms with Crippen LogP contribution in [-0.2, 0) is 28.5 Å². The summed E-state index contributed by atoms with van der Waals surface area (Å²) in [6.45, 7) is 13.3. The summed E-state index contributed by atoms with van der Waals surface area (Å²) < 4.78 is 23.9. The number of fused-ring (bicyclic) bond motifs is 1. The Morgan fingerprint density at radius 3 is 2.48 bits per heavy atom. The molecule has 0 bridgehead atoms. The zero-order chi connectivity index (χ0) is 20.2. The normalized spacial score (nSPS) is 43.5. The molecule has 0 aromatic heterocycles. The smallest absolute Gasteiger partial charge is 0.318 e. The van der Waals surface area contributed by atoms with Gasteiger partial charge >= 0.3 is 5.97 Å². The third-order valence-electron chi connectivity index (χ3n) is 6.54. The first-order valence-electron chi connectivity index (χ1n) is 9.60. The van der Waals surface area contributed by atoms with Crippen LogP contribution in [0.3, 0.4) is 0 Å². The van der Waals surface area contributed by atoms with Gasteiger partial charge in [0.15, 0.2) is 11.4 Å². The highest BCUT2D eigenvalue weighted by molar-refractivity contribution is 5.99. The lowest BCUT2D eigenvalue weighted by Crippen LogP contribution is -2.54. The van der Waals surface area contributed by atoms with Crippen LogP contribution in [0.1, 0.15) is 47.5 Å². The Kier molecular flexibility index (Phi) is 4.80. The maximum absolute atomic E-state index is 12.9. The summed E-state index contributed by atoms with van der Waals surface area (Å²) in [4.78, 5) is 25.5. The highest BCUT2D eigenvalue weighted by atomic mass is 16.7. The van der Waals surface area contributed by atoms with Gasteiger partial charge < -0.3 is 18.9 Å². The molecule has 6 atom stereocenters. The number of esters is 1. The van der Waals surface area contributed by atoms with E-state index in [0.717, 1.165) is 0 Å². The molecule has 0 unspecified atom stereocenters. The molecule has 2 saturated heterocycles. The molecular weight excluding hydrogens is 348 g/mol. The molecule has 0 radical (unpaired) electrons. The van der Waals surface area contributed by atoms with Crippen molar-refractivity contribution in [2.75, 3.05) is 7.11 Å². The van der Waals surface area contributed by atoms with E-state index in [0.29, 0.717) is 18.6 Å². The Morgan fingerprint density at radius 1 is 1.33 bits per heavy atom. The molecule has 6 heteroatoms. The number of allylic oxidation sites excluding steroid dienone is 1. The van der Waals surface area contributed by atoms with Gasteiger partial charge in [0.05, 0.1) is 6.10 Å². The first-order chi connectivity index (χ1) is 12.6. The van der Waals surface area contributed by atoms with E-state index in [1.807, 2.05) is 27.7 Å². The number of carbonyl (C=O) groups is 2. The molecule has 0 N–H and O–H groups in total. The minimum atomic E-state index is -1.14. The van der Waals surface area contributed by atoms with Gasteiger partial charge in [0.1, 0.15) is 17.3 Å². The number of hydrogen-bond acceptors (Lipinski definition) is 6. The van der Waals surface area contributed by atoms with Crippen LogP contribution in [0.4, 0.5) is 0 Å². The Hall–Kier alpha value is -1.66. The number of hydrogen-bond donors (Lipinski definition) is 0. The highest BCUT2D eigenvalue weighted by Gasteiger charge is 2.75. The van der Waals surface area contributed by atoms with Crippen molar-refractivity contribution < 1.29 is 28.5 Å². The van der Waals surface area contributed by atoms with Gasteiger partial charge in [-0.2, -0.15) is 0 Å². The van der Waals surface area contributed by atoms with Gasteiger partial charge in [0.2, 0.25) is 5.78 Å². The summed E-state index contributed by atoms with van der Waals surface area (Å²) >= 11 is 0. The van der Waals surface area contributed by atoms with Crippen LogP contribution in [0.2, 0.25) is 0 Å². The number of ether oxygens (including phenoxy) is 4. The van der Waals surface area contributed by atoms with Gasteiger partial charge in [-0.05, 0) is 13.8 Å². The standard InChI is InChI=1S/C21H30O6/c1-8-13-10-16(22)19(5,26-13)11-15-17-14(9-2)25-18(23)20(17,6)21(24-7,27-15)12(3)4/h9-10,12,14-15,17H,2,8,11H2,1,3-7H3/t14-,15+,17+,19-,20-,21-/m1/s1. The van der Waals surface area contributed by atoms with Crippen molar-refractivity contribution in [1.29, 1.82) is 0 Å².